The minimum absolute atomic E-state index is 0.00847. The molecule has 0 amide bonds. The van der Waals surface area contributed by atoms with Crippen molar-refractivity contribution in [2.45, 2.75) is 200 Å². The first kappa shape index (κ1) is 54.8. The zero-order valence-corrected chi connectivity index (χ0v) is 38.8. The fourth-order valence-electron chi connectivity index (χ4n) is 7.75. The van der Waals surface area contributed by atoms with Gasteiger partial charge >= 0.3 is 19.8 Å². The molecule has 1 saturated carbocycles. The van der Waals surface area contributed by atoms with E-state index in [-0.39, 0.29) is 50.9 Å². The molecule has 7 atom stereocenters. The summed E-state index contributed by atoms with van der Waals surface area (Å²) in [6.07, 6.45) is 24.1. The fourth-order valence-corrected chi connectivity index (χ4v) is 8.51. The Morgan fingerprint density at radius 1 is 0.803 bits per heavy atom. The van der Waals surface area contributed by atoms with Crippen LogP contribution in [0.3, 0.4) is 0 Å². The lowest BCUT2D eigenvalue weighted by Gasteiger charge is -2.20. The molecule has 1 aliphatic rings. The maximum atomic E-state index is 12.7. The predicted octanol–water partition coefficient (Wildman–Crippen LogP) is 9.20. The molecule has 61 heavy (non-hydrogen) atoms. The molecular weight excluding hydrogens is 801 g/mol. The van der Waals surface area contributed by atoms with E-state index in [1.807, 2.05) is 18.2 Å². The fraction of sp³-hybridized carbons (Fsp3) is 0.787. The Morgan fingerprint density at radius 3 is 2.07 bits per heavy atom. The number of carbonyl (C=O) groups excluding carboxylic acids is 2. The number of esters is 2. The van der Waals surface area contributed by atoms with Gasteiger partial charge in [0.15, 0.2) is 6.10 Å². The third-order valence-corrected chi connectivity index (χ3v) is 12.6. The molecule has 1 aromatic rings. The minimum Gasteiger partial charge on any atom is -0.466 e. The Labute approximate surface area is 366 Å². The van der Waals surface area contributed by atoms with Gasteiger partial charge in [-0.05, 0) is 75.8 Å². The molecule has 0 spiro atoms. The van der Waals surface area contributed by atoms with Gasteiger partial charge in [-0.3, -0.25) is 18.6 Å². The number of nitrogens with two attached hydrogens (primary N) is 1. The number of aliphatic hydroxyl groups excluding tert-OH is 3. The molecule has 0 radical (unpaired) electrons. The molecule has 0 saturated heterocycles. The van der Waals surface area contributed by atoms with Crippen molar-refractivity contribution < 1.29 is 57.3 Å². The van der Waals surface area contributed by atoms with E-state index in [0.717, 1.165) is 82.1 Å². The third kappa shape index (κ3) is 23.8. The number of furan rings is 1. The SMILES string of the molecule is CCCCCc1oc(CCCCCCCCCCC(=O)OC[C@H](COP(=O)(O)OCCN)OC(=O)CCC/C=C/C[C@@H]2[C@@H](/C=C/[C@@H](O)CCCCC)[C@H](O)C[C@@H]2O)c(C)c1C. The summed E-state index contributed by atoms with van der Waals surface area (Å²) >= 11 is 0. The summed E-state index contributed by atoms with van der Waals surface area (Å²) in [5.74, 6) is 0.835. The van der Waals surface area contributed by atoms with Gasteiger partial charge in [-0.15, -0.1) is 0 Å². The quantitative estimate of drug-likeness (QED) is 0.0185. The van der Waals surface area contributed by atoms with Crippen LogP contribution in [0.5, 0.6) is 0 Å². The van der Waals surface area contributed by atoms with E-state index in [4.69, 9.17) is 28.7 Å². The molecule has 2 rings (SSSR count). The van der Waals surface area contributed by atoms with Crippen molar-refractivity contribution in [3.8, 4) is 0 Å². The molecule has 1 heterocycles. The topological polar surface area (TPSA) is 208 Å². The lowest BCUT2D eigenvalue weighted by atomic mass is 9.89. The van der Waals surface area contributed by atoms with Crippen LogP contribution in [-0.4, -0.2) is 82.9 Å². The molecule has 352 valence electrons. The number of hydrogen-bond donors (Lipinski definition) is 5. The van der Waals surface area contributed by atoms with Crippen molar-refractivity contribution >= 4 is 19.8 Å². The number of hydrogen-bond acceptors (Lipinski definition) is 12. The first-order valence-electron chi connectivity index (χ1n) is 23.4. The number of phosphoric acid groups is 1. The summed E-state index contributed by atoms with van der Waals surface area (Å²) in [4.78, 5) is 35.2. The molecule has 1 unspecified atom stereocenters. The van der Waals surface area contributed by atoms with Crippen molar-refractivity contribution in [1.29, 1.82) is 0 Å². The number of ether oxygens (including phenoxy) is 2. The van der Waals surface area contributed by atoms with Gasteiger partial charge < -0.3 is 39.8 Å². The summed E-state index contributed by atoms with van der Waals surface area (Å²) in [5, 5.41) is 31.4. The van der Waals surface area contributed by atoms with Crippen LogP contribution < -0.4 is 5.73 Å². The summed E-state index contributed by atoms with van der Waals surface area (Å²) in [5.41, 5.74) is 7.98. The monoisotopic (exact) mass is 884 g/mol. The number of unbranched alkanes of at least 4 members (excludes halogenated alkanes) is 12. The Balaban J connectivity index is 1.69. The first-order chi connectivity index (χ1) is 29.3. The third-order valence-electron chi connectivity index (χ3n) is 11.6. The molecule has 14 heteroatoms. The molecule has 13 nitrogen and oxygen atoms in total. The van der Waals surface area contributed by atoms with Gasteiger partial charge in [-0.2, -0.15) is 0 Å². The molecule has 1 aromatic heterocycles. The highest BCUT2D eigenvalue weighted by atomic mass is 31.2. The van der Waals surface area contributed by atoms with Gasteiger partial charge in [0, 0.05) is 44.6 Å². The van der Waals surface area contributed by atoms with Crippen LogP contribution in [0.2, 0.25) is 0 Å². The Kier molecular flexibility index (Phi) is 29.0. The standard InChI is InChI=1S/C47H82NO12P/c1-5-7-17-23-38(49)29-30-41-40(42(50)33-43(41)51)24-19-15-16-22-28-47(53)59-39(35-58-61(54,55)57-32-31-48)34-56-46(52)27-21-14-12-10-9-11-13-20-26-45-37(4)36(3)44(60-45)25-18-8-6-2/h15,19,29-30,38-43,49-51H,5-14,16-18,20-28,31-35,48H2,1-4H3,(H,54,55)/b19-15+,30-29+/t38-,39+,40+,41+,42-,43+/m0/s1. The van der Waals surface area contributed by atoms with Gasteiger partial charge in [0.05, 0.1) is 31.5 Å². The number of rotatable bonds is 36. The molecule has 0 aliphatic heterocycles. The van der Waals surface area contributed by atoms with E-state index < -0.39 is 50.8 Å². The number of aliphatic hydroxyl groups is 3. The van der Waals surface area contributed by atoms with E-state index in [0.29, 0.717) is 32.1 Å². The highest BCUT2D eigenvalue weighted by molar-refractivity contribution is 7.47. The first-order valence-corrected chi connectivity index (χ1v) is 24.9. The summed E-state index contributed by atoms with van der Waals surface area (Å²) < 4.78 is 39.1. The van der Waals surface area contributed by atoms with Crippen LogP contribution in [0.1, 0.15) is 171 Å². The van der Waals surface area contributed by atoms with E-state index in [1.54, 1.807) is 6.08 Å². The zero-order valence-electron chi connectivity index (χ0n) is 37.9. The van der Waals surface area contributed by atoms with Crippen LogP contribution >= 0.6 is 7.82 Å². The van der Waals surface area contributed by atoms with Gasteiger partial charge in [-0.25, -0.2) is 4.57 Å². The molecule has 1 fully saturated rings. The maximum Gasteiger partial charge on any atom is 0.472 e. The second-order valence-corrected chi connectivity index (χ2v) is 18.3. The summed E-state index contributed by atoms with van der Waals surface area (Å²) in [6, 6.07) is 0. The maximum absolute atomic E-state index is 12.7. The van der Waals surface area contributed by atoms with Gasteiger partial charge in [0.2, 0.25) is 0 Å². The van der Waals surface area contributed by atoms with Gasteiger partial charge in [0.25, 0.3) is 0 Å². The summed E-state index contributed by atoms with van der Waals surface area (Å²) in [6.45, 7) is 7.63. The average Bonchev–Trinajstić information content (AvgIpc) is 3.66. The number of phosphoric ester groups is 1. The average molecular weight is 884 g/mol. The van der Waals surface area contributed by atoms with Crippen LogP contribution in [0.15, 0.2) is 28.7 Å². The van der Waals surface area contributed by atoms with Crippen LogP contribution in [0, 0.1) is 25.7 Å². The zero-order chi connectivity index (χ0) is 44.9. The van der Waals surface area contributed by atoms with Crippen LogP contribution in [0.4, 0.5) is 0 Å². The number of allylic oxidation sites excluding steroid dienone is 2. The highest BCUT2D eigenvalue weighted by Gasteiger charge is 2.39. The molecule has 0 aromatic carbocycles. The Hall–Kier alpha value is -2.35. The van der Waals surface area contributed by atoms with Crippen molar-refractivity contribution in [2.24, 2.45) is 17.6 Å². The number of aryl methyl sites for hydroxylation is 2. The van der Waals surface area contributed by atoms with Gasteiger partial charge in [-0.1, -0.05) is 109 Å². The highest BCUT2D eigenvalue weighted by Crippen LogP contribution is 2.43. The van der Waals surface area contributed by atoms with Crippen LogP contribution in [-0.2, 0) is 45.5 Å². The predicted molar refractivity (Wildman–Crippen MR) is 239 cm³/mol. The molecular formula is C47H82NO12P. The Bertz CT molecular complexity index is 1450. The largest absolute Gasteiger partial charge is 0.472 e. The molecule has 1 aliphatic carbocycles. The van der Waals surface area contributed by atoms with Crippen molar-refractivity contribution in [1.82, 2.24) is 0 Å². The normalized spacial score (nSPS) is 20.1. The lowest BCUT2D eigenvalue weighted by molar-refractivity contribution is -0.161. The van der Waals surface area contributed by atoms with Gasteiger partial charge in [0.1, 0.15) is 18.1 Å². The van der Waals surface area contributed by atoms with E-state index in [1.165, 1.54) is 36.8 Å². The molecule has 6 N–H and O–H groups in total. The lowest BCUT2D eigenvalue weighted by Crippen LogP contribution is -2.29. The Morgan fingerprint density at radius 2 is 1.41 bits per heavy atom. The second kappa shape index (κ2) is 32.3. The summed E-state index contributed by atoms with van der Waals surface area (Å²) in [7, 11) is -4.46. The van der Waals surface area contributed by atoms with Crippen LogP contribution in [0.25, 0.3) is 0 Å². The van der Waals surface area contributed by atoms with Crippen molar-refractivity contribution in [2.75, 3.05) is 26.4 Å². The van der Waals surface area contributed by atoms with E-state index >= 15 is 0 Å². The number of carbonyl (C=O) groups is 2. The molecule has 0 bridgehead atoms. The second-order valence-electron chi connectivity index (χ2n) is 16.8. The van der Waals surface area contributed by atoms with E-state index in [9.17, 15) is 34.4 Å². The smallest absolute Gasteiger partial charge is 0.466 e. The van der Waals surface area contributed by atoms with E-state index in [2.05, 4.69) is 27.7 Å². The minimum atomic E-state index is -4.46. The van der Waals surface area contributed by atoms with Crippen molar-refractivity contribution in [3.05, 3.63) is 47.0 Å². The van der Waals surface area contributed by atoms with Crippen molar-refractivity contribution in [3.63, 3.8) is 0 Å².